The average Bonchev–Trinajstić information content (AvgIpc) is 2.66. The summed E-state index contributed by atoms with van der Waals surface area (Å²) < 4.78 is 5.40. The number of hydrogen-bond donors (Lipinski definition) is 2. The highest BCUT2D eigenvalue weighted by atomic mass is 16.3. The third-order valence-corrected chi connectivity index (χ3v) is 2.59. The van der Waals surface area contributed by atoms with Crippen LogP contribution in [0.1, 0.15) is 0 Å². The van der Waals surface area contributed by atoms with E-state index in [1.807, 2.05) is 0 Å². The zero-order valence-corrected chi connectivity index (χ0v) is 8.43. The molecule has 3 aromatic rings. The number of aromatic nitrogens is 1. The standard InChI is InChI=1S/C11H6N2O4/c14-7-3-5-9(4-6(7)13-16)17-8-1-2-12-11(15)10(5)8/h1-4,14H,(H,12,15). The van der Waals surface area contributed by atoms with E-state index in [0.717, 1.165) is 0 Å². The number of nitrogens with one attached hydrogen (secondary N) is 1. The molecule has 0 aliphatic carbocycles. The zero-order valence-electron chi connectivity index (χ0n) is 8.43. The van der Waals surface area contributed by atoms with Crippen LogP contribution in [0.4, 0.5) is 5.69 Å². The first-order chi connectivity index (χ1) is 8.20. The van der Waals surface area contributed by atoms with Crippen molar-refractivity contribution in [3.63, 3.8) is 0 Å². The number of H-pyrrole nitrogens is 1. The van der Waals surface area contributed by atoms with Crippen LogP contribution in [0.3, 0.4) is 0 Å². The molecule has 0 saturated heterocycles. The quantitative estimate of drug-likeness (QED) is 0.627. The summed E-state index contributed by atoms with van der Waals surface area (Å²) in [5, 5.41) is 13.0. The van der Waals surface area contributed by atoms with Gasteiger partial charge in [-0.1, -0.05) is 0 Å². The predicted molar refractivity (Wildman–Crippen MR) is 61.5 cm³/mol. The zero-order chi connectivity index (χ0) is 12.0. The molecule has 0 spiro atoms. The monoisotopic (exact) mass is 230 g/mol. The number of nitroso groups, excluding NO2 is 1. The van der Waals surface area contributed by atoms with Gasteiger partial charge in [0.2, 0.25) is 0 Å². The summed E-state index contributed by atoms with van der Waals surface area (Å²) in [6.45, 7) is 0. The van der Waals surface area contributed by atoms with Crippen molar-refractivity contribution in [3.05, 3.63) is 39.7 Å². The Morgan fingerprint density at radius 3 is 2.88 bits per heavy atom. The van der Waals surface area contributed by atoms with E-state index in [1.54, 1.807) is 6.07 Å². The minimum atomic E-state index is -0.313. The molecule has 0 unspecified atom stereocenters. The van der Waals surface area contributed by atoms with Gasteiger partial charge < -0.3 is 14.5 Å². The normalized spacial score (nSPS) is 11.1. The summed E-state index contributed by atoms with van der Waals surface area (Å²) >= 11 is 0. The lowest BCUT2D eigenvalue weighted by atomic mass is 10.1. The van der Waals surface area contributed by atoms with E-state index in [2.05, 4.69) is 10.2 Å². The summed E-state index contributed by atoms with van der Waals surface area (Å²) in [7, 11) is 0. The Morgan fingerprint density at radius 1 is 1.29 bits per heavy atom. The lowest BCUT2D eigenvalue weighted by Gasteiger charge is -1.94. The van der Waals surface area contributed by atoms with Crippen LogP contribution >= 0.6 is 0 Å². The Balaban J connectivity index is 2.58. The van der Waals surface area contributed by atoms with Gasteiger partial charge in [-0.15, -0.1) is 4.91 Å². The molecule has 6 nitrogen and oxygen atoms in total. The van der Waals surface area contributed by atoms with Crippen molar-refractivity contribution >= 4 is 27.6 Å². The Morgan fingerprint density at radius 2 is 2.12 bits per heavy atom. The van der Waals surface area contributed by atoms with Crippen molar-refractivity contribution < 1.29 is 9.52 Å². The summed E-state index contributed by atoms with van der Waals surface area (Å²) in [6.07, 6.45) is 1.46. The first-order valence-electron chi connectivity index (χ1n) is 4.81. The molecule has 2 N–H and O–H groups in total. The van der Waals surface area contributed by atoms with Crippen molar-refractivity contribution in [1.82, 2.24) is 4.98 Å². The van der Waals surface area contributed by atoms with Crippen LogP contribution in [0, 0.1) is 4.91 Å². The number of rotatable bonds is 1. The number of phenolic OH excluding ortho intramolecular Hbond substituents is 1. The maximum Gasteiger partial charge on any atom is 0.259 e. The van der Waals surface area contributed by atoms with Crippen LogP contribution in [0.25, 0.3) is 21.9 Å². The Labute approximate surface area is 93.5 Å². The molecule has 0 saturated carbocycles. The second-order valence-corrected chi connectivity index (χ2v) is 3.58. The van der Waals surface area contributed by atoms with Crippen LogP contribution in [0.15, 0.2) is 38.8 Å². The highest BCUT2D eigenvalue weighted by Crippen LogP contribution is 2.35. The largest absolute Gasteiger partial charge is 0.506 e. The van der Waals surface area contributed by atoms with Gasteiger partial charge >= 0.3 is 0 Å². The van der Waals surface area contributed by atoms with Gasteiger partial charge in [0.15, 0.2) is 5.69 Å². The number of pyridine rings is 1. The number of benzene rings is 1. The van der Waals surface area contributed by atoms with E-state index in [1.165, 1.54) is 18.3 Å². The molecule has 84 valence electrons. The fraction of sp³-hybridized carbons (Fsp3) is 0. The Bertz CT molecular complexity index is 800. The third kappa shape index (κ3) is 1.24. The molecular formula is C11H6N2O4. The molecule has 0 atom stereocenters. The summed E-state index contributed by atoms with van der Waals surface area (Å²) in [5.74, 6) is -0.279. The van der Waals surface area contributed by atoms with Crippen molar-refractivity contribution in [2.45, 2.75) is 0 Å². The minimum absolute atomic E-state index is 0.118. The number of furan rings is 1. The molecule has 6 heteroatoms. The van der Waals surface area contributed by atoms with E-state index in [-0.39, 0.29) is 17.0 Å². The maximum atomic E-state index is 11.6. The Hall–Kier alpha value is -2.63. The molecule has 0 aliphatic rings. The lowest BCUT2D eigenvalue weighted by molar-refractivity contribution is 0.477. The van der Waals surface area contributed by atoms with E-state index in [9.17, 15) is 14.8 Å². The van der Waals surface area contributed by atoms with Crippen LogP contribution in [-0.2, 0) is 0 Å². The van der Waals surface area contributed by atoms with E-state index >= 15 is 0 Å². The summed E-state index contributed by atoms with van der Waals surface area (Å²) in [4.78, 5) is 24.6. The number of fused-ring (bicyclic) bond motifs is 3. The van der Waals surface area contributed by atoms with Crippen LogP contribution < -0.4 is 5.56 Å². The highest BCUT2D eigenvalue weighted by Gasteiger charge is 2.13. The highest BCUT2D eigenvalue weighted by molar-refractivity contribution is 6.05. The lowest BCUT2D eigenvalue weighted by Crippen LogP contribution is -2.02. The van der Waals surface area contributed by atoms with E-state index in [4.69, 9.17) is 4.42 Å². The van der Waals surface area contributed by atoms with E-state index in [0.29, 0.717) is 21.9 Å². The average molecular weight is 230 g/mol. The number of hydrogen-bond acceptors (Lipinski definition) is 5. The van der Waals surface area contributed by atoms with Crippen molar-refractivity contribution in [2.24, 2.45) is 5.18 Å². The SMILES string of the molecule is O=Nc1cc2oc3cc[nH]c(=O)c3c2cc1O. The molecule has 0 radical (unpaired) electrons. The molecule has 2 aromatic heterocycles. The van der Waals surface area contributed by atoms with Crippen LogP contribution in [0.5, 0.6) is 5.75 Å². The fourth-order valence-corrected chi connectivity index (χ4v) is 1.83. The van der Waals surface area contributed by atoms with Crippen LogP contribution in [-0.4, -0.2) is 10.1 Å². The molecule has 0 bridgehead atoms. The third-order valence-electron chi connectivity index (χ3n) is 2.59. The van der Waals surface area contributed by atoms with Gasteiger partial charge in [-0.3, -0.25) is 4.79 Å². The fourth-order valence-electron chi connectivity index (χ4n) is 1.83. The van der Waals surface area contributed by atoms with E-state index < -0.39 is 0 Å². The second kappa shape index (κ2) is 3.18. The predicted octanol–water partition coefficient (Wildman–Crippen LogP) is 2.38. The Kier molecular flexibility index (Phi) is 1.79. The summed E-state index contributed by atoms with van der Waals surface area (Å²) in [6, 6.07) is 4.20. The first kappa shape index (κ1) is 9.59. The molecule has 2 heterocycles. The van der Waals surface area contributed by atoms with Crippen molar-refractivity contribution in [1.29, 1.82) is 0 Å². The van der Waals surface area contributed by atoms with Gasteiger partial charge in [0.25, 0.3) is 5.56 Å². The van der Waals surface area contributed by atoms with Gasteiger partial charge in [0.1, 0.15) is 16.9 Å². The van der Waals surface area contributed by atoms with Crippen molar-refractivity contribution in [3.8, 4) is 5.75 Å². The number of phenols is 1. The number of aromatic amines is 1. The smallest absolute Gasteiger partial charge is 0.259 e. The molecular weight excluding hydrogens is 224 g/mol. The van der Waals surface area contributed by atoms with Gasteiger partial charge in [-0.25, -0.2) is 0 Å². The molecule has 17 heavy (non-hydrogen) atoms. The first-order valence-corrected chi connectivity index (χ1v) is 4.81. The van der Waals surface area contributed by atoms with Gasteiger partial charge in [-0.2, -0.15) is 0 Å². The molecule has 1 aromatic carbocycles. The molecule has 3 rings (SSSR count). The summed E-state index contributed by atoms with van der Waals surface area (Å²) in [5.41, 5.74) is 0.302. The minimum Gasteiger partial charge on any atom is -0.506 e. The van der Waals surface area contributed by atoms with Crippen molar-refractivity contribution in [2.75, 3.05) is 0 Å². The maximum absolute atomic E-state index is 11.6. The van der Waals surface area contributed by atoms with Gasteiger partial charge in [0, 0.05) is 17.6 Å². The van der Waals surface area contributed by atoms with Gasteiger partial charge in [0.05, 0.1) is 5.39 Å². The molecule has 0 fully saturated rings. The second-order valence-electron chi connectivity index (χ2n) is 3.58. The van der Waals surface area contributed by atoms with Crippen LogP contribution in [0.2, 0.25) is 0 Å². The number of nitrogens with zero attached hydrogens (tertiary/aromatic N) is 1. The topological polar surface area (TPSA) is 95.7 Å². The van der Waals surface area contributed by atoms with Gasteiger partial charge in [-0.05, 0) is 17.3 Å². The molecule has 0 aliphatic heterocycles. The molecule has 0 amide bonds. The number of aromatic hydroxyl groups is 1.